The molecule has 1 aliphatic heterocycles. The predicted molar refractivity (Wildman–Crippen MR) is 79.0 cm³/mol. The normalized spacial score (nSPS) is 24.1. The summed E-state index contributed by atoms with van der Waals surface area (Å²) in [5, 5.41) is 8.27. The van der Waals surface area contributed by atoms with Gasteiger partial charge < -0.3 is 9.26 Å². The van der Waals surface area contributed by atoms with Crippen LogP contribution in [0.1, 0.15) is 37.6 Å². The van der Waals surface area contributed by atoms with Gasteiger partial charge in [-0.3, -0.25) is 9.58 Å². The molecule has 0 radical (unpaired) electrons. The summed E-state index contributed by atoms with van der Waals surface area (Å²) in [4.78, 5) is 7.08. The topological polar surface area (TPSA) is 69.2 Å². The molecule has 0 amide bonds. The van der Waals surface area contributed by atoms with E-state index in [1.54, 1.807) is 10.9 Å². The lowest BCUT2D eigenvalue weighted by Gasteiger charge is -2.37. The van der Waals surface area contributed by atoms with Gasteiger partial charge in [-0.1, -0.05) is 18.0 Å². The number of aromatic nitrogens is 4. The van der Waals surface area contributed by atoms with E-state index in [1.165, 1.54) is 25.7 Å². The van der Waals surface area contributed by atoms with Crippen molar-refractivity contribution in [3.8, 4) is 11.4 Å². The first-order valence-electron chi connectivity index (χ1n) is 7.97. The fourth-order valence-corrected chi connectivity index (χ4v) is 3.53. The molecule has 2 aliphatic rings. The molecule has 3 heterocycles. The Morgan fingerprint density at radius 1 is 1.27 bits per heavy atom. The van der Waals surface area contributed by atoms with Crippen molar-refractivity contribution in [1.29, 1.82) is 0 Å². The van der Waals surface area contributed by atoms with Gasteiger partial charge in [0.05, 0.1) is 25.0 Å². The highest BCUT2D eigenvalue weighted by Gasteiger charge is 2.35. The maximum absolute atomic E-state index is 5.66. The van der Waals surface area contributed by atoms with Gasteiger partial charge in [0.15, 0.2) is 0 Å². The van der Waals surface area contributed by atoms with E-state index in [4.69, 9.17) is 9.26 Å². The minimum absolute atomic E-state index is 0.0785. The monoisotopic (exact) mass is 303 g/mol. The van der Waals surface area contributed by atoms with E-state index in [9.17, 15) is 0 Å². The molecule has 7 heteroatoms. The summed E-state index contributed by atoms with van der Waals surface area (Å²) in [5.41, 5.74) is 0.877. The third-order valence-corrected chi connectivity index (χ3v) is 4.65. The molecule has 118 valence electrons. The third kappa shape index (κ3) is 2.55. The lowest BCUT2D eigenvalue weighted by Crippen LogP contribution is -2.44. The number of ether oxygens (including phenoxy) is 1. The summed E-state index contributed by atoms with van der Waals surface area (Å²) in [5.74, 6) is 1.26. The number of hydrogen-bond acceptors (Lipinski definition) is 6. The van der Waals surface area contributed by atoms with Crippen LogP contribution in [0.15, 0.2) is 16.9 Å². The first kappa shape index (κ1) is 13.9. The van der Waals surface area contributed by atoms with Gasteiger partial charge in [0.2, 0.25) is 11.7 Å². The van der Waals surface area contributed by atoms with Crippen molar-refractivity contribution in [3.63, 3.8) is 0 Å². The lowest BCUT2D eigenvalue weighted by molar-refractivity contribution is -0.0397. The zero-order valence-electron chi connectivity index (χ0n) is 12.8. The van der Waals surface area contributed by atoms with Crippen LogP contribution >= 0.6 is 0 Å². The molecule has 2 aromatic rings. The zero-order chi connectivity index (χ0) is 14.9. The summed E-state index contributed by atoms with van der Waals surface area (Å²) < 4.78 is 12.9. The molecule has 2 aromatic heterocycles. The molecule has 1 unspecified atom stereocenters. The Labute approximate surface area is 129 Å². The SMILES string of the molecule is Cn1cc(-c2noc(C3COCCN3C3CCCC3)n2)cn1. The minimum atomic E-state index is 0.0785. The quantitative estimate of drug-likeness (QED) is 0.861. The van der Waals surface area contributed by atoms with Crippen molar-refractivity contribution in [3.05, 3.63) is 18.3 Å². The van der Waals surface area contributed by atoms with E-state index in [1.807, 2.05) is 13.2 Å². The highest BCUT2D eigenvalue weighted by Crippen LogP contribution is 2.33. The second kappa shape index (κ2) is 5.81. The number of morpholine rings is 1. The molecule has 4 rings (SSSR count). The van der Waals surface area contributed by atoms with Crippen molar-refractivity contribution in [2.45, 2.75) is 37.8 Å². The summed E-state index contributed by atoms with van der Waals surface area (Å²) in [6.07, 6.45) is 8.81. The van der Waals surface area contributed by atoms with E-state index >= 15 is 0 Å². The van der Waals surface area contributed by atoms with E-state index in [0.29, 0.717) is 24.4 Å². The van der Waals surface area contributed by atoms with Crippen molar-refractivity contribution in [2.24, 2.45) is 7.05 Å². The zero-order valence-corrected chi connectivity index (χ0v) is 12.8. The molecule has 1 saturated heterocycles. The standard InChI is InChI=1S/C15H21N5O2/c1-19-9-11(8-16-19)14-17-15(22-18-14)13-10-21-7-6-20(13)12-4-2-3-5-12/h8-9,12-13H,2-7,10H2,1H3. The van der Waals surface area contributed by atoms with Crippen LogP contribution in [0.3, 0.4) is 0 Å². The van der Waals surface area contributed by atoms with Gasteiger partial charge in [-0.15, -0.1) is 0 Å². The van der Waals surface area contributed by atoms with Crippen LogP contribution in [0.5, 0.6) is 0 Å². The van der Waals surface area contributed by atoms with Crippen LogP contribution in [-0.2, 0) is 11.8 Å². The Morgan fingerprint density at radius 3 is 2.91 bits per heavy atom. The number of rotatable bonds is 3. The summed E-state index contributed by atoms with van der Waals surface area (Å²) in [7, 11) is 1.88. The highest BCUT2D eigenvalue weighted by molar-refractivity contribution is 5.51. The second-order valence-electron chi connectivity index (χ2n) is 6.13. The minimum Gasteiger partial charge on any atom is -0.378 e. The first-order chi connectivity index (χ1) is 10.8. The average molecular weight is 303 g/mol. The maximum atomic E-state index is 5.66. The van der Waals surface area contributed by atoms with E-state index in [0.717, 1.165) is 18.7 Å². The Hall–Kier alpha value is -1.73. The highest BCUT2D eigenvalue weighted by atomic mass is 16.5. The molecular weight excluding hydrogens is 282 g/mol. The molecular formula is C15H21N5O2. The number of hydrogen-bond donors (Lipinski definition) is 0. The lowest BCUT2D eigenvalue weighted by atomic mass is 10.1. The van der Waals surface area contributed by atoms with Gasteiger partial charge >= 0.3 is 0 Å². The van der Waals surface area contributed by atoms with Crippen molar-refractivity contribution >= 4 is 0 Å². The predicted octanol–water partition coefficient (Wildman–Crippen LogP) is 1.79. The fourth-order valence-electron chi connectivity index (χ4n) is 3.53. The Bertz CT molecular complexity index is 631. The van der Waals surface area contributed by atoms with Gasteiger partial charge in [0, 0.05) is 25.8 Å². The number of aryl methyl sites for hydroxylation is 1. The van der Waals surface area contributed by atoms with Crippen LogP contribution in [0, 0.1) is 0 Å². The first-order valence-corrected chi connectivity index (χ1v) is 7.97. The van der Waals surface area contributed by atoms with Crippen LogP contribution in [0.2, 0.25) is 0 Å². The molecule has 1 atom stereocenters. The molecule has 7 nitrogen and oxygen atoms in total. The van der Waals surface area contributed by atoms with Gasteiger partial charge in [0.25, 0.3) is 0 Å². The van der Waals surface area contributed by atoms with Crippen molar-refractivity contribution in [2.75, 3.05) is 19.8 Å². The Balaban J connectivity index is 1.58. The Morgan fingerprint density at radius 2 is 2.14 bits per heavy atom. The summed E-state index contributed by atoms with van der Waals surface area (Å²) in [6, 6.07) is 0.706. The molecule has 0 bridgehead atoms. The van der Waals surface area contributed by atoms with E-state index < -0.39 is 0 Å². The van der Waals surface area contributed by atoms with Gasteiger partial charge in [0.1, 0.15) is 6.04 Å². The van der Waals surface area contributed by atoms with E-state index in [-0.39, 0.29) is 6.04 Å². The molecule has 1 aliphatic carbocycles. The summed E-state index contributed by atoms with van der Waals surface area (Å²) in [6.45, 7) is 2.36. The molecule has 0 aromatic carbocycles. The molecule has 0 N–H and O–H groups in total. The Kier molecular flexibility index (Phi) is 3.67. The van der Waals surface area contributed by atoms with Gasteiger partial charge in [-0.2, -0.15) is 10.1 Å². The van der Waals surface area contributed by atoms with Crippen molar-refractivity contribution in [1.82, 2.24) is 24.8 Å². The maximum Gasteiger partial charge on any atom is 0.246 e. The summed E-state index contributed by atoms with van der Waals surface area (Å²) >= 11 is 0. The van der Waals surface area contributed by atoms with Gasteiger partial charge in [-0.25, -0.2) is 0 Å². The molecule has 22 heavy (non-hydrogen) atoms. The number of nitrogens with zero attached hydrogens (tertiary/aromatic N) is 5. The smallest absolute Gasteiger partial charge is 0.246 e. The van der Waals surface area contributed by atoms with E-state index in [2.05, 4.69) is 20.1 Å². The van der Waals surface area contributed by atoms with Gasteiger partial charge in [-0.05, 0) is 12.8 Å². The van der Waals surface area contributed by atoms with Crippen LogP contribution in [0.4, 0.5) is 0 Å². The molecule has 2 fully saturated rings. The third-order valence-electron chi connectivity index (χ3n) is 4.65. The molecule has 0 spiro atoms. The van der Waals surface area contributed by atoms with Crippen LogP contribution < -0.4 is 0 Å². The van der Waals surface area contributed by atoms with Crippen LogP contribution in [-0.4, -0.2) is 50.6 Å². The average Bonchev–Trinajstić information content (AvgIpc) is 3.28. The second-order valence-corrected chi connectivity index (χ2v) is 6.13. The van der Waals surface area contributed by atoms with Crippen molar-refractivity contribution < 1.29 is 9.26 Å². The fraction of sp³-hybridized carbons (Fsp3) is 0.667. The van der Waals surface area contributed by atoms with Crippen LogP contribution in [0.25, 0.3) is 11.4 Å². The molecule has 1 saturated carbocycles. The largest absolute Gasteiger partial charge is 0.378 e.